The Hall–Kier alpha value is -1.89. The van der Waals surface area contributed by atoms with E-state index in [9.17, 15) is 4.79 Å². The third-order valence-corrected chi connectivity index (χ3v) is 2.60. The lowest BCUT2D eigenvalue weighted by molar-refractivity contribution is -0.133. The second-order valence-electron chi connectivity index (χ2n) is 2.88. The molecule has 0 fully saturated rings. The van der Waals surface area contributed by atoms with Gasteiger partial charge in [-0.2, -0.15) is 0 Å². The number of imidazole rings is 1. The van der Waals surface area contributed by atoms with Crippen LogP contribution < -0.4 is 0 Å². The normalized spacial score (nSPS) is 10.2. The van der Waals surface area contributed by atoms with Gasteiger partial charge in [0.15, 0.2) is 5.16 Å². The average molecular weight is 236 g/mol. The zero-order chi connectivity index (χ0) is 11.4. The topological polar surface area (TPSA) is 91.8 Å². The first kappa shape index (κ1) is 10.6. The predicted molar refractivity (Wildman–Crippen MR) is 58.0 cm³/mol. The molecule has 7 heteroatoms. The van der Waals surface area contributed by atoms with Gasteiger partial charge in [-0.3, -0.25) is 14.8 Å². The van der Waals surface area contributed by atoms with Crippen LogP contribution in [0.1, 0.15) is 0 Å². The van der Waals surface area contributed by atoms with E-state index < -0.39 is 5.97 Å². The van der Waals surface area contributed by atoms with Gasteiger partial charge in [0.05, 0.1) is 23.8 Å². The summed E-state index contributed by atoms with van der Waals surface area (Å²) in [6.07, 6.45) is 6.38. The summed E-state index contributed by atoms with van der Waals surface area (Å²) in [5.74, 6) is -0.893. The molecule has 0 bridgehead atoms. The molecule has 0 unspecified atom stereocenters. The van der Waals surface area contributed by atoms with Crippen molar-refractivity contribution in [3.8, 4) is 11.4 Å². The van der Waals surface area contributed by atoms with Crippen LogP contribution >= 0.6 is 11.8 Å². The van der Waals surface area contributed by atoms with Crippen LogP contribution in [0.3, 0.4) is 0 Å². The molecule has 2 aromatic heterocycles. The van der Waals surface area contributed by atoms with Crippen molar-refractivity contribution >= 4 is 17.7 Å². The Labute approximate surface area is 95.2 Å². The summed E-state index contributed by atoms with van der Waals surface area (Å²) in [6, 6.07) is 0. The zero-order valence-electron chi connectivity index (χ0n) is 8.12. The first-order valence-electron chi connectivity index (χ1n) is 4.41. The van der Waals surface area contributed by atoms with Crippen molar-refractivity contribution in [3.05, 3.63) is 24.8 Å². The second-order valence-corrected chi connectivity index (χ2v) is 3.84. The Morgan fingerprint density at radius 2 is 2.25 bits per heavy atom. The monoisotopic (exact) mass is 236 g/mol. The standard InChI is InChI=1S/C9H8N4O2S/c14-8(15)5-16-9-12-4-7(13-9)6-3-10-1-2-11-6/h1-4H,5H2,(H,12,13)(H,14,15). The van der Waals surface area contributed by atoms with Crippen molar-refractivity contribution < 1.29 is 9.90 Å². The van der Waals surface area contributed by atoms with Crippen molar-refractivity contribution in [2.24, 2.45) is 0 Å². The molecule has 2 rings (SSSR count). The van der Waals surface area contributed by atoms with Gasteiger partial charge in [-0.05, 0) is 0 Å². The molecule has 0 saturated carbocycles. The Bertz CT molecular complexity index is 485. The molecule has 82 valence electrons. The zero-order valence-corrected chi connectivity index (χ0v) is 8.94. The van der Waals surface area contributed by atoms with Crippen molar-refractivity contribution in [1.29, 1.82) is 0 Å². The second kappa shape index (κ2) is 4.75. The summed E-state index contributed by atoms with van der Waals surface area (Å²) in [5.41, 5.74) is 1.40. The minimum atomic E-state index is -0.873. The number of hydrogen-bond donors (Lipinski definition) is 2. The number of hydrogen-bond acceptors (Lipinski definition) is 5. The van der Waals surface area contributed by atoms with E-state index in [4.69, 9.17) is 5.11 Å². The number of aliphatic carboxylic acids is 1. The van der Waals surface area contributed by atoms with Gasteiger partial charge < -0.3 is 10.1 Å². The van der Waals surface area contributed by atoms with Gasteiger partial charge in [-0.1, -0.05) is 11.8 Å². The number of aromatic nitrogens is 4. The Morgan fingerprint density at radius 1 is 1.38 bits per heavy atom. The van der Waals surface area contributed by atoms with E-state index in [0.29, 0.717) is 10.9 Å². The highest BCUT2D eigenvalue weighted by Crippen LogP contribution is 2.18. The van der Waals surface area contributed by atoms with Crippen molar-refractivity contribution in [1.82, 2.24) is 19.9 Å². The maximum atomic E-state index is 10.4. The molecule has 2 N–H and O–H groups in total. The van der Waals surface area contributed by atoms with Crippen LogP contribution in [0.15, 0.2) is 29.9 Å². The number of nitrogens with one attached hydrogen (secondary N) is 1. The molecule has 0 aliphatic heterocycles. The summed E-state index contributed by atoms with van der Waals surface area (Å²) in [7, 11) is 0. The van der Waals surface area contributed by atoms with Crippen molar-refractivity contribution in [3.63, 3.8) is 0 Å². The van der Waals surface area contributed by atoms with E-state index >= 15 is 0 Å². The molecule has 0 spiro atoms. The first-order chi connectivity index (χ1) is 7.75. The maximum absolute atomic E-state index is 10.4. The number of nitrogens with zero attached hydrogens (tertiary/aromatic N) is 3. The average Bonchev–Trinajstić information content (AvgIpc) is 2.76. The van der Waals surface area contributed by atoms with Crippen molar-refractivity contribution in [2.45, 2.75) is 5.16 Å². The van der Waals surface area contributed by atoms with Crippen LogP contribution in [0.5, 0.6) is 0 Å². The molecule has 0 aromatic carbocycles. The molecule has 16 heavy (non-hydrogen) atoms. The fourth-order valence-electron chi connectivity index (χ4n) is 1.07. The molecule has 0 amide bonds. The van der Waals surface area contributed by atoms with E-state index in [-0.39, 0.29) is 5.75 Å². The number of carboxylic acids is 1. The maximum Gasteiger partial charge on any atom is 0.313 e. The molecule has 2 aromatic rings. The number of aromatic amines is 1. The third kappa shape index (κ3) is 2.57. The van der Waals surface area contributed by atoms with Gasteiger partial charge in [0.25, 0.3) is 0 Å². The lowest BCUT2D eigenvalue weighted by Gasteiger charge is -1.94. The Kier molecular flexibility index (Phi) is 3.16. The molecular weight excluding hydrogens is 228 g/mol. The molecule has 0 saturated heterocycles. The summed E-state index contributed by atoms with van der Waals surface area (Å²) in [4.78, 5) is 25.4. The van der Waals surface area contributed by atoms with Crippen LogP contribution in [0.4, 0.5) is 0 Å². The molecule has 0 atom stereocenters. The largest absolute Gasteiger partial charge is 0.481 e. The van der Waals surface area contributed by atoms with E-state index in [2.05, 4.69) is 19.9 Å². The predicted octanol–water partition coefficient (Wildman–Crippen LogP) is 1.04. The number of H-pyrrole nitrogens is 1. The summed E-state index contributed by atoms with van der Waals surface area (Å²) in [5, 5.41) is 9.07. The van der Waals surface area contributed by atoms with E-state index in [1.807, 2.05) is 0 Å². The first-order valence-corrected chi connectivity index (χ1v) is 5.40. The summed E-state index contributed by atoms with van der Waals surface area (Å²) in [6.45, 7) is 0. The van der Waals surface area contributed by atoms with Crippen LogP contribution in [-0.4, -0.2) is 36.8 Å². The molecule has 6 nitrogen and oxygen atoms in total. The summed E-state index contributed by atoms with van der Waals surface area (Å²) < 4.78 is 0. The number of rotatable bonds is 4. The van der Waals surface area contributed by atoms with Crippen LogP contribution in [-0.2, 0) is 4.79 Å². The van der Waals surface area contributed by atoms with Crippen LogP contribution in [0.2, 0.25) is 0 Å². The van der Waals surface area contributed by atoms with E-state index in [1.165, 1.54) is 0 Å². The number of thioether (sulfide) groups is 1. The van der Waals surface area contributed by atoms with Gasteiger partial charge >= 0.3 is 5.97 Å². The van der Waals surface area contributed by atoms with E-state index in [0.717, 1.165) is 17.5 Å². The van der Waals surface area contributed by atoms with Crippen molar-refractivity contribution in [2.75, 3.05) is 5.75 Å². The lowest BCUT2D eigenvalue weighted by atomic mass is 10.3. The fraction of sp³-hybridized carbons (Fsp3) is 0.111. The Morgan fingerprint density at radius 3 is 2.94 bits per heavy atom. The van der Waals surface area contributed by atoms with Gasteiger partial charge in [-0.25, -0.2) is 4.98 Å². The summed E-state index contributed by atoms with van der Waals surface area (Å²) >= 11 is 1.13. The molecule has 0 aliphatic carbocycles. The van der Waals surface area contributed by atoms with E-state index in [1.54, 1.807) is 24.8 Å². The Balaban J connectivity index is 2.11. The molecule has 2 heterocycles. The van der Waals surface area contributed by atoms with Gasteiger partial charge in [-0.15, -0.1) is 0 Å². The highest BCUT2D eigenvalue weighted by Gasteiger charge is 2.06. The van der Waals surface area contributed by atoms with Crippen LogP contribution in [0, 0.1) is 0 Å². The molecule has 0 aliphatic rings. The van der Waals surface area contributed by atoms with Gasteiger partial charge in [0.2, 0.25) is 0 Å². The smallest absolute Gasteiger partial charge is 0.313 e. The number of carboxylic acid groups (broad SMARTS) is 1. The fourth-order valence-corrected chi connectivity index (χ4v) is 1.64. The number of carbonyl (C=O) groups is 1. The molecule has 0 radical (unpaired) electrons. The SMILES string of the molecule is O=C(O)CSc1ncc(-c2cnccn2)[nH]1. The lowest BCUT2D eigenvalue weighted by Crippen LogP contribution is -1.97. The minimum Gasteiger partial charge on any atom is -0.481 e. The quantitative estimate of drug-likeness (QED) is 0.771. The highest BCUT2D eigenvalue weighted by atomic mass is 32.2. The van der Waals surface area contributed by atoms with Gasteiger partial charge in [0, 0.05) is 12.4 Å². The van der Waals surface area contributed by atoms with Crippen LogP contribution in [0.25, 0.3) is 11.4 Å². The minimum absolute atomic E-state index is 0.0204. The highest BCUT2D eigenvalue weighted by molar-refractivity contribution is 7.99. The molecular formula is C9H8N4O2S. The van der Waals surface area contributed by atoms with Gasteiger partial charge in [0.1, 0.15) is 5.69 Å². The third-order valence-electron chi connectivity index (χ3n) is 1.72.